The molecule has 0 fully saturated rings. The van der Waals surface area contributed by atoms with Gasteiger partial charge < -0.3 is 10.1 Å². The van der Waals surface area contributed by atoms with Gasteiger partial charge in [-0.2, -0.15) is 0 Å². The van der Waals surface area contributed by atoms with E-state index in [1.807, 2.05) is 75.5 Å². The van der Waals surface area contributed by atoms with Gasteiger partial charge in [0.15, 0.2) is 0 Å². The topological polar surface area (TPSA) is 58.6 Å². The smallest absolute Gasteiger partial charge is 0.278 e. The summed E-state index contributed by atoms with van der Waals surface area (Å²) in [5, 5.41) is 5.12. The van der Waals surface area contributed by atoms with E-state index in [1.54, 1.807) is 0 Å². The number of hydrogen-bond acceptors (Lipinski definition) is 5. The maximum absolute atomic E-state index is 13.3. The number of imide groups is 1. The Morgan fingerprint density at radius 3 is 2.31 bits per heavy atom. The van der Waals surface area contributed by atoms with Gasteiger partial charge in [0.05, 0.1) is 12.1 Å². The van der Waals surface area contributed by atoms with Gasteiger partial charge in [-0.15, -0.1) is 11.3 Å². The zero-order valence-electron chi connectivity index (χ0n) is 18.7. The van der Waals surface area contributed by atoms with E-state index in [0.29, 0.717) is 11.3 Å². The Bertz CT molecular complexity index is 1190. The van der Waals surface area contributed by atoms with Gasteiger partial charge in [0.25, 0.3) is 11.8 Å². The average Bonchev–Trinajstić information content (AvgIpc) is 3.33. The number of hydrogen-bond donors (Lipinski definition) is 1. The van der Waals surface area contributed by atoms with Crippen LogP contribution >= 0.6 is 11.3 Å². The first-order valence-corrected chi connectivity index (χ1v) is 11.4. The predicted molar refractivity (Wildman–Crippen MR) is 129 cm³/mol. The maximum Gasteiger partial charge on any atom is 0.278 e. The number of anilines is 1. The molecule has 0 aliphatic carbocycles. The molecule has 0 spiro atoms. The number of amides is 2. The van der Waals surface area contributed by atoms with Crippen LogP contribution < -0.4 is 10.1 Å². The predicted octanol–water partition coefficient (Wildman–Crippen LogP) is 5.25. The van der Waals surface area contributed by atoms with Crippen molar-refractivity contribution < 1.29 is 14.3 Å². The van der Waals surface area contributed by atoms with E-state index < -0.39 is 0 Å². The number of benzene rings is 2. The quantitative estimate of drug-likeness (QED) is 0.504. The second-order valence-electron chi connectivity index (χ2n) is 8.09. The molecule has 0 unspecified atom stereocenters. The number of carbonyl (C=O) groups excluding carboxylic acids is 2. The second kappa shape index (κ2) is 9.01. The van der Waals surface area contributed by atoms with E-state index in [0.717, 1.165) is 33.0 Å². The van der Waals surface area contributed by atoms with E-state index in [1.165, 1.54) is 21.8 Å². The lowest BCUT2D eigenvalue weighted by molar-refractivity contribution is -0.137. The standard InChI is InChI=1S/C26H26N2O3S/c1-16-12-17(2)14-21(13-16)31-10-9-28-25(29)23(22-6-5-11-32-22)24(26(28)30)27-20-8-7-18(3)19(4)15-20/h5-8,11-15,27H,9-10H2,1-4H3. The summed E-state index contributed by atoms with van der Waals surface area (Å²) in [4.78, 5) is 28.5. The number of thiophene rings is 1. The largest absolute Gasteiger partial charge is 0.492 e. The molecular weight excluding hydrogens is 420 g/mol. The molecule has 1 aliphatic rings. The third kappa shape index (κ3) is 4.46. The van der Waals surface area contributed by atoms with E-state index in [2.05, 4.69) is 11.4 Å². The average molecular weight is 447 g/mol. The third-order valence-corrected chi connectivity index (χ3v) is 6.38. The highest BCUT2D eigenvalue weighted by atomic mass is 32.1. The molecule has 0 atom stereocenters. The molecule has 6 heteroatoms. The second-order valence-corrected chi connectivity index (χ2v) is 9.03. The summed E-state index contributed by atoms with van der Waals surface area (Å²) in [6.07, 6.45) is 0. The lowest BCUT2D eigenvalue weighted by atomic mass is 10.1. The van der Waals surface area contributed by atoms with Gasteiger partial charge >= 0.3 is 0 Å². The van der Waals surface area contributed by atoms with Crippen LogP contribution in [0.4, 0.5) is 5.69 Å². The molecule has 164 valence electrons. The van der Waals surface area contributed by atoms with Gasteiger partial charge in [0.2, 0.25) is 0 Å². The Balaban J connectivity index is 1.55. The maximum atomic E-state index is 13.3. The molecule has 32 heavy (non-hydrogen) atoms. The minimum absolute atomic E-state index is 0.178. The first kappa shape index (κ1) is 21.8. The van der Waals surface area contributed by atoms with Crippen molar-refractivity contribution in [2.75, 3.05) is 18.5 Å². The SMILES string of the molecule is Cc1cc(C)cc(OCCN2C(=O)C(Nc3ccc(C)c(C)c3)=C(c3cccs3)C2=O)c1. The summed E-state index contributed by atoms with van der Waals surface area (Å²) in [6, 6.07) is 15.6. The number of ether oxygens (including phenoxy) is 1. The van der Waals surface area contributed by atoms with Gasteiger partial charge in [0, 0.05) is 10.6 Å². The van der Waals surface area contributed by atoms with Crippen LogP contribution in [0.1, 0.15) is 27.1 Å². The van der Waals surface area contributed by atoms with E-state index in [-0.39, 0.29) is 25.0 Å². The summed E-state index contributed by atoms with van der Waals surface area (Å²) >= 11 is 1.44. The van der Waals surface area contributed by atoms with Crippen LogP contribution in [0, 0.1) is 27.7 Å². The fourth-order valence-electron chi connectivity index (χ4n) is 3.78. The molecule has 2 heterocycles. The molecule has 1 aliphatic heterocycles. The van der Waals surface area contributed by atoms with Gasteiger partial charge in [-0.05, 0) is 85.7 Å². The molecular formula is C26H26N2O3S. The summed E-state index contributed by atoms with van der Waals surface area (Å²) < 4.78 is 5.85. The van der Waals surface area contributed by atoms with Crippen molar-refractivity contribution in [2.45, 2.75) is 27.7 Å². The Hall–Kier alpha value is -3.38. The van der Waals surface area contributed by atoms with Crippen LogP contribution in [0.2, 0.25) is 0 Å². The zero-order chi connectivity index (χ0) is 22.8. The highest BCUT2D eigenvalue weighted by Crippen LogP contribution is 2.33. The highest BCUT2D eigenvalue weighted by molar-refractivity contribution is 7.11. The first-order chi connectivity index (χ1) is 15.3. The molecule has 1 aromatic heterocycles. The minimum atomic E-state index is -0.333. The molecule has 2 amide bonds. The number of rotatable bonds is 7. The monoisotopic (exact) mass is 446 g/mol. The van der Waals surface area contributed by atoms with Crippen molar-refractivity contribution in [2.24, 2.45) is 0 Å². The van der Waals surface area contributed by atoms with E-state index >= 15 is 0 Å². The van der Waals surface area contributed by atoms with Crippen LogP contribution in [-0.4, -0.2) is 29.9 Å². The van der Waals surface area contributed by atoms with Crippen molar-refractivity contribution >= 4 is 34.4 Å². The Kier molecular flexibility index (Phi) is 6.15. The highest BCUT2D eigenvalue weighted by Gasteiger charge is 2.39. The number of aryl methyl sites for hydroxylation is 4. The summed E-state index contributed by atoms with van der Waals surface area (Å²) in [7, 11) is 0. The summed E-state index contributed by atoms with van der Waals surface area (Å²) in [5.41, 5.74) is 6.00. The molecule has 3 aromatic rings. The molecule has 1 N–H and O–H groups in total. The number of carbonyl (C=O) groups is 2. The van der Waals surface area contributed by atoms with Crippen molar-refractivity contribution in [3.63, 3.8) is 0 Å². The van der Waals surface area contributed by atoms with Gasteiger partial charge in [-0.3, -0.25) is 14.5 Å². The van der Waals surface area contributed by atoms with Crippen molar-refractivity contribution in [1.29, 1.82) is 0 Å². The fraction of sp³-hybridized carbons (Fsp3) is 0.231. The minimum Gasteiger partial charge on any atom is -0.492 e. The van der Waals surface area contributed by atoms with Crippen LogP contribution in [0.3, 0.4) is 0 Å². The Morgan fingerprint density at radius 1 is 0.906 bits per heavy atom. The van der Waals surface area contributed by atoms with Crippen molar-refractivity contribution in [1.82, 2.24) is 4.90 Å². The van der Waals surface area contributed by atoms with Crippen LogP contribution in [0.25, 0.3) is 5.57 Å². The van der Waals surface area contributed by atoms with Crippen molar-refractivity contribution in [3.8, 4) is 5.75 Å². The van der Waals surface area contributed by atoms with Crippen LogP contribution in [0.5, 0.6) is 5.75 Å². The van der Waals surface area contributed by atoms with Crippen LogP contribution in [0.15, 0.2) is 59.6 Å². The first-order valence-electron chi connectivity index (χ1n) is 10.5. The third-order valence-electron chi connectivity index (χ3n) is 5.49. The number of nitrogens with one attached hydrogen (secondary N) is 1. The Labute approximate surface area is 192 Å². The molecule has 5 nitrogen and oxygen atoms in total. The molecule has 4 rings (SSSR count). The normalized spacial score (nSPS) is 13.8. The molecule has 0 saturated heterocycles. The lowest BCUT2D eigenvalue weighted by Crippen LogP contribution is -2.36. The number of nitrogens with zero attached hydrogens (tertiary/aromatic N) is 1. The lowest BCUT2D eigenvalue weighted by Gasteiger charge is -2.16. The molecule has 2 aromatic carbocycles. The molecule has 0 radical (unpaired) electrons. The van der Waals surface area contributed by atoms with Gasteiger partial charge in [-0.1, -0.05) is 18.2 Å². The van der Waals surface area contributed by atoms with Crippen LogP contribution in [-0.2, 0) is 9.59 Å². The Morgan fingerprint density at radius 2 is 1.66 bits per heavy atom. The molecule has 0 saturated carbocycles. The van der Waals surface area contributed by atoms with Crippen molar-refractivity contribution in [3.05, 3.63) is 86.7 Å². The fourth-order valence-corrected chi connectivity index (χ4v) is 4.55. The van der Waals surface area contributed by atoms with E-state index in [4.69, 9.17) is 4.74 Å². The zero-order valence-corrected chi connectivity index (χ0v) is 19.5. The van der Waals surface area contributed by atoms with Gasteiger partial charge in [0.1, 0.15) is 18.1 Å². The summed E-state index contributed by atoms with van der Waals surface area (Å²) in [5.74, 6) is 0.106. The van der Waals surface area contributed by atoms with E-state index in [9.17, 15) is 9.59 Å². The molecule has 0 bridgehead atoms. The van der Waals surface area contributed by atoms with Gasteiger partial charge in [-0.25, -0.2) is 0 Å². The summed E-state index contributed by atoms with van der Waals surface area (Å²) in [6.45, 7) is 8.49.